The molecule has 3 rings (SSSR count). The zero-order valence-corrected chi connectivity index (χ0v) is 9.91. The third-order valence-corrected chi connectivity index (χ3v) is 4.08. The lowest BCUT2D eigenvalue weighted by molar-refractivity contribution is 0.144. The predicted octanol–water partition coefficient (Wildman–Crippen LogP) is 3.05. The molecule has 0 unspecified atom stereocenters. The average molecular weight is 233 g/mol. The average Bonchev–Trinajstić information content (AvgIpc) is 2.58. The first-order chi connectivity index (χ1) is 8.18. The van der Waals surface area contributed by atoms with Crippen molar-refractivity contribution in [2.24, 2.45) is 0 Å². The number of nitrogens with zero attached hydrogens (tertiary/aromatic N) is 2. The van der Waals surface area contributed by atoms with Crippen molar-refractivity contribution in [3.63, 3.8) is 0 Å². The Balaban J connectivity index is 2.29. The van der Waals surface area contributed by atoms with Crippen molar-refractivity contribution in [3.8, 4) is 0 Å². The van der Waals surface area contributed by atoms with E-state index in [1.165, 1.54) is 12.5 Å². The largest absolute Gasteiger partial charge is 0.369 e. The monoisotopic (exact) mass is 233 g/mol. The van der Waals surface area contributed by atoms with Crippen LogP contribution in [0.1, 0.15) is 32.6 Å². The molecule has 2 aromatic rings. The topological polar surface area (TPSA) is 43.8 Å². The molecule has 1 fully saturated rings. The standard InChI is InChI=1S/C13H16FN3/c1-2-13(7-4-8-13)17-10-6-3-5-9(14)11(10)16-12(17)15/h3,5-6H,2,4,7-8H2,1H3,(H2,15,16). The quantitative estimate of drug-likeness (QED) is 0.866. The van der Waals surface area contributed by atoms with Crippen LogP contribution in [-0.4, -0.2) is 9.55 Å². The summed E-state index contributed by atoms with van der Waals surface area (Å²) >= 11 is 0. The molecule has 0 radical (unpaired) electrons. The molecule has 0 amide bonds. The molecule has 17 heavy (non-hydrogen) atoms. The van der Waals surface area contributed by atoms with Gasteiger partial charge >= 0.3 is 0 Å². The lowest BCUT2D eigenvalue weighted by Crippen LogP contribution is -2.40. The number of hydrogen-bond acceptors (Lipinski definition) is 2. The molecular weight excluding hydrogens is 217 g/mol. The van der Waals surface area contributed by atoms with E-state index in [4.69, 9.17) is 5.73 Å². The summed E-state index contributed by atoms with van der Waals surface area (Å²) in [5.41, 5.74) is 7.26. The van der Waals surface area contributed by atoms with E-state index in [-0.39, 0.29) is 11.4 Å². The minimum absolute atomic E-state index is 0.0621. The number of hydrogen-bond donors (Lipinski definition) is 1. The molecule has 2 N–H and O–H groups in total. The van der Waals surface area contributed by atoms with Crippen LogP contribution in [0.2, 0.25) is 0 Å². The molecule has 0 saturated heterocycles. The van der Waals surface area contributed by atoms with Gasteiger partial charge in [-0.2, -0.15) is 0 Å². The molecule has 4 heteroatoms. The van der Waals surface area contributed by atoms with Crippen LogP contribution in [0, 0.1) is 5.82 Å². The van der Waals surface area contributed by atoms with Gasteiger partial charge in [0.1, 0.15) is 5.52 Å². The smallest absolute Gasteiger partial charge is 0.201 e. The number of nitrogen functional groups attached to an aromatic ring is 1. The number of imidazole rings is 1. The van der Waals surface area contributed by atoms with E-state index < -0.39 is 0 Å². The van der Waals surface area contributed by atoms with Gasteiger partial charge in [-0.3, -0.25) is 0 Å². The maximum Gasteiger partial charge on any atom is 0.201 e. The summed E-state index contributed by atoms with van der Waals surface area (Å²) in [6.07, 6.45) is 4.44. The molecule has 0 spiro atoms. The summed E-state index contributed by atoms with van der Waals surface area (Å²) < 4.78 is 15.7. The van der Waals surface area contributed by atoms with E-state index in [1.54, 1.807) is 6.07 Å². The third-order valence-electron chi connectivity index (χ3n) is 4.08. The molecule has 0 atom stereocenters. The number of anilines is 1. The van der Waals surface area contributed by atoms with Crippen LogP contribution in [0.4, 0.5) is 10.3 Å². The molecular formula is C13H16FN3. The number of aromatic nitrogens is 2. The molecule has 1 heterocycles. The zero-order valence-electron chi connectivity index (χ0n) is 9.91. The molecule has 90 valence electrons. The number of benzene rings is 1. The summed E-state index contributed by atoms with van der Waals surface area (Å²) in [5, 5.41) is 0. The molecule has 1 saturated carbocycles. The second-order valence-corrected chi connectivity index (χ2v) is 4.84. The summed E-state index contributed by atoms with van der Waals surface area (Å²) in [6, 6.07) is 5.05. The van der Waals surface area contributed by atoms with Crippen LogP contribution in [0.3, 0.4) is 0 Å². The van der Waals surface area contributed by atoms with Crippen molar-refractivity contribution in [2.75, 3.05) is 5.73 Å². The van der Waals surface area contributed by atoms with Crippen molar-refractivity contribution in [3.05, 3.63) is 24.0 Å². The fraction of sp³-hybridized carbons (Fsp3) is 0.462. The van der Waals surface area contributed by atoms with E-state index >= 15 is 0 Å². The summed E-state index contributed by atoms with van der Waals surface area (Å²) in [4.78, 5) is 4.17. The lowest BCUT2D eigenvalue weighted by Gasteiger charge is -2.43. The van der Waals surface area contributed by atoms with Gasteiger partial charge in [-0.1, -0.05) is 13.0 Å². The van der Waals surface area contributed by atoms with Gasteiger partial charge in [0, 0.05) is 5.54 Å². The van der Waals surface area contributed by atoms with Gasteiger partial charge in [-0.25, -0.2) is 9.37 Å². The molecule has 0 aliphatic heterocycles. The SMILES string of the molecule is CCC1(n2c(N)nc3c(F)cccc32)CCC1. The Bertz CT molecular complexity index is 564. The molecule has 0 bridgehead atoms. The summed E-state index contributed by atoms with van der Waals surface area (Å²) in [7, 11) is 0. The van der Waals surface area contributed by atoms with Crippen LogP contribution in [0.25, 0.3) is 11.0 Å². The first kappa shape index (κ1) is 10.6. The van der Waals surface area contributed by atoms with E-state index in [0.717, 1.165) is 24.8 Å². The van der Waals surface area contributed by atoms with E-state index in [0.29, 0.717) is 11.5 Å². The van der Waals surface area contributed by atoms with Crippen molar-refractivity contribution in [1.82, 2.24) is 9.55 Å². The second-order valence-electron chi connectivity index (χ2n) is 4.84. The maximum absolute atomic E-state index is 13.7. The number of fused-ring (bicyclic) bond motifs is 1. The van der Waals surface area contributed by atoms with E-state index in [1.807, 2.05) is 10.6 Å². The Morgan fingerprint density at radius 2 is 2.24 bits per heavy atom. The van der Waals surface area contributed by atoms with Gasteiger partial charge in [-0.15, -0.1) is 0 Å². The summed E-state index contributed by atoms with van der Waals surface area (Å²) in [5.74, 6) is 0.144. The predicted molar refractivity (Wildman–Crippen MR) is 66.2 cm³/mol. The summed E-state index contributed by atoms with van der Waals surface area (Å²) in [6.45, 7) is 2.16. The highest BCUT2D eigenvalue weighted by Gasteiger charge is 2.39. The number of rotatable bonds is 2. The normalized spacial score (nSPS) is 18.2. The molecule has 3 nitrogen and oxygen atoms in total. The first-order valence-electron chi connectivity index (χ1n) is 6.11. The van der Waals surface area contributed by atoms with Crippen molar-refractivity contribution in [1.29, 1.82) is 0 Å². The maximum atomic E-state index is 13.7. The van der Waals surface area contributed by atoms with Gasteiger partial charge in [-0.05, 0) is 37.8 Å². The molecule has 1 aromatic heterocycles. The minimum Gasteiger partial charge on any atom is -0.369 e. The fourth-order valence-corrected chi connectivity index (χ4v) is 2.90. The molecule has 1 aliphatic rings. The highest BCUT2D eigenvalue weighted by Crippen LogP contribution is 2.45. The Kier molecular flexibility index (Phi) is 2.15. The van der Waals surface area contributed by atoms with Gasteiger partial charge in [0.25, 0.3) is 0 Å². The second kappa shape index (κ2) is 3.45. The van der Waals surface area contributed by atoms with Crippen molar-refractivity contribution >= 4 is 17.0 Å². The van der Waals surface area contributed by atoms with E-state index in [2.05, 4.69) is 11.9 Å². The Labute approximate surface area is 99.4 Å². The first-order valence-corrected chi connectivity index (χ1v) is 6.11. The Morgan fingerprint density at radius 3 is 2.82 bits per heavy atom. The Hall–Kier alpha value is -1.58. The van der Waals surface area contributed by atoms with Crippen LogP contribution in [-0.2, 0) is 5.54 Å². The number of para-hydroxylation sites is 1. The number of halogens is 1. The van der Waals surface area contributed by atoms with Gasteiger partial charge in [0.05, 0.1) is 5.52 Å². The number of nitrogens with two attached hydrogens (primary N) is 1. The highest BCUT2D eigenvalue weighted by molar-refractivity contribution is 5.79. The van der Waals surface area contributed by atoms with Gasteiger partial charge in [0.15, 0.2) is 5.82 Å². The molecule has 1 aliphatic carbocycles. The van der Waals surface area contributed by atoms with Crippen LogP contribution >= 0.6 is 0 Å². The lowest BCUT2D eigenvalue weighted by atomic mass is 9.74. The highest BCUT2D eigenvalue weighted by atomic mass is 19.1. The van der Waals surface area contributed by atoms with Gasteiger partial charge in [0.2, 0.25) is 5.95 Å². The zero-order chi connectivity index (χ0) is 12.0. The van der Waals surface area contributed by atoms with Crippen LogP contribution in [0.5, 0.6) is 0 Å². The fourth-order valence-electron chi connectivity index (χ4n) is 2.90. The van der Waals surface area contributed by atoms with Crippen molar-refractivity contribution in [2.45, 2.75) is 38.1 Å². The van der Waals surface area contributed by atoms with E-state index in [9.17, 15) is 4.39 Å². The van der Waals surface area contributed by atoms with Crippen molar-refractivity contribution < 1.29 is 4.39 Å². The molecule has 1 aromatic carbocycles. The van der Waals surface area contributed by atoms with Gasteiger partial charge < -0.3 is 10.3 Å². The minimum atomic E-state index is -0.293. The van der Waals surface area contributed by atoms with Crippen LogP contribution in [0.15, 0.2) is 18.2 Å². The Morgan fingerprint density at radius 1 is 1.47 bits per heavy atom. The third kappa shape index (κ3) is 1.30. The van der Waals surface area contributed by atoms with Crippen LogP contribution < -0.4 is 5.73 Å².